The van der Waals surface area contributed by atoms with Crippen molar-refractivity contribution in [1.82, 2.24) is 4.90 Å². The zero-order valence-corrected chi connectivity index (χ0v) is 21.3. The molecule has 0 amide bonds. The van der Waals surface area contributed by atoms with Crippen molar-refractivity contribution in [2.75, 3.05) is 39.3 Å². The lowest BCUT2D eigenvalue weighted by molar-refractivity contribution is 0.298. The van der Waals surface area contributed by atoms with Crippen molar-refractivity contribution in [2.24, 2.45) is 15.0 Å². The summed E-state index contributed by atoms with van der Waals surface area (Å²) in [5, 5.41) is 87.1. The molecular formula is C27H30N4O9. The number of aromatic hydroxyl groups is 9. The van der Waals surface area contributed by atoms with Gasteiger partial charge in [-0.2, -0.15) is 0 Å². The minimum atomic E-state index is -0.637. The van der Waals surface area contributed by atoms with Crippen LogP contribution in [-0.2, 0) is 0 Å². The largest absolute Gasteiger partial charge is 0.504 e. The molecule has 40 heavy (non-hydrogen) atoms. The van der Waals surface area contributed by atoms with E-state index < -0.39 is 51.7 Å². The van der Waals surface area contributed by atoms with Crippen molar-refractivity contribution in [3.8, 4) is 51.7 Å². The van der Waals surface area contributed by atoms with Crippen LogP contribution in [0.2, 0.25) is 0 Å². The number of hydrogen-bond donors (Lipinski definition) is 9. The van der Waals surface area contributed by atoms with Crippen LogP contribution in [0.5, 0.6) is 51.7 Å². The van der Waals surface area contributed by atoms with Gasteiger partial charge < -0.3 is 46.0 Å². The molecule has 0 radical (unpaired) electrons. The minimum absolute atomic E-state index is 0.227. The SMILES string of the molecule is Oc1ccc(C=NCCN(CCN=Cc2ccc(O)c(O)c2O)CCN=Cc2ccc(O)c(O)c2O)c(O)c1O. The van der Waals surface area contributed by atoms with Gasteiger partial charge in [0.05, 0.1) is 19.6 Å². The predicted octanol–water partition coefficient (Wildman–Crippen LogP) is 2.00. The summed E-state index contributed by atoms with van der Waals surface area (Å²) in [6.07, 6.45) is 4.09. The molecule has 3 aromatic rings. The van der Waals surface area contributed by atoms with Crippen LogP contribution in [-0.4, -0.2) is 109 Å². The maximum absolute atomic E-state index is 9.93. The van der Waals surface area contributed by atoms with Crippen LogP contribution in [0.3, 0.4) is 0 Å². The van der Waals surface area contributed by atoms with E-state index >= 15 is 0 Å². The van der Waals surface area contributed by atoms with Crippen molar-refractivity contribution < 1.29 is 46.0 Å². The average Bonchev–Trinajstić information content (AvgIpc) is 2.94. The molecule has 9 N–H and O–H groups in total. The third kappa shape index (κ3) is 7.45. The second-order valence-electron chi connectivity index (χ2n) is 8.56. The molecule has 0 saturated heterocycles. The van der Waals surface area contributed by atoms with E-state index in [1.807, 2.05) is 4.90 Å². The van der Waals surface area contributed by atoms with E-state index in [9.17, 15) is 46.0 Å². The highest BCUT2D eigenvalue weighted by Crippen LogP contribution is 2.37. The quantitative estimate of drug-likeness (QED) is 0.117. The molecule has 0 aliphatic heterocycles. The number of phenols is 9. The first kappa shape index (κ1) is 29.4. The van der Waals surface area contributed by atoms with E-state index in [0.29, 0.717) is 39.3 Å². The average molecular weight is 555 g/mol. The van der Waals surface area contributed by atoms with Crippen LogP contribution in [0.4, 0.5) is 0 Å². The minimum Gasteiger partial charge on any atom is -0.504 e. The van der Waals surface area contributed by atoms with Crippen molar-refractivity contribution in [1.29, 1.82) is 0 Å². The molecule has 3 rings (SSSR count). The standard InChI is InChI=1S/C27H30N4O9/c32-19-4-1-16(22(35)25(19)38)13-28-7-10-31(11-8-29-14-17-2-5-20(33)26(39)23(17)36)12-9-30-15-18-3-6-21(34)27(40)24(18)37/h1-6,13-15,32-40H,7-12H2. The smallest absolute Gasteiger partial charge is 0.200 e. The predicted molar refractivity (Wildman–Crippen MR) is 148 cm³/mol. The van der Waals surface area contributed by atoms with Crippen LogP contribution in [0.15, 0.2) is 51.4 Å². The van der Waals surface area contributed by atoms with E-state index in [1.165, 1.54) is 55.0 Å². The van der Waals surface area contributed by atoms with E-state index in [0.717, 1.165) is 0 Å². The molecule has 0 bridgehead atoms. The van der Waals surface area contributed by atoms with Crippen molar-refractivity contribution in [2.45, 2.75) is 0 Å². The van der Waals surface area contributed by atoms with Crippen LogP contribution in [0, 0.1) is 0 Å². The molecule has 0 unspecified atom stereocenters. The van der Waals surface area contributed by atoms with E-state index in [2.05, 4.69) is 15.0 Å². The third-order valence-electron chi connectivity index (χ3n) is 5.81. The van der Waals surface area contributed by atoms with Crippen LogP contribution < -0.4 is 0 Å². The van der Waals surface area contributed by atoms with E-state index in [-0.39, 0.29) is 16.7 Å². The highest BCUT2D eigenvalue weighted by Gasteiger charge is 2.11. The molecule has 0 atom stereocenters. The van der Waals surface area contributed by atoms with E-state index in [4.69, 9.17) is 0 Å². The Balaban J connectivity index is 1.63. The van der Waals surface area contributed by atoms with Gasteiger partial charge in [-0.15, -0.1) is 0 Å². The maximum atomic E-state index is 9.93. The number of phenolic OH excluding ortho intramolecular Hbond substituents is 9. The number of hydrogen-bond acceptors (Lipinski definition) is 13. The summed E-state index contributed by atoms with van der Waals surface area (Å²) in [6.45, 7) is 2.24. The Labute approximate surface area is 228 Å². The second-order valence-corrected chi connectivity index (χ2v) is 8.56. The Hall–Kier alpha value is -5.17. The molecule has 0 aliphatic rings. The Bertz CT molecular complexity index is 1250. The van der Waals surface area contributed by atoms with Gasteiger partial charge in [0.2, 0.25) is 17.2 Å². The molecule has 13 heteroatoms. The number of rotatable bonds is 12. The summed E-state index contributed by atoms with van der Waals surface area (Å²) in [5.41, 5.74) is 0.680. The molecule has 0 saturated carbocycles. The fourth-order valence-corrected chi connectivity index (χ4v) is 3.49. The normalized spacial score (nSPS) is 11.9. The van der Waals surface area contributed by atoms with Crippen LogP contribution >= 0.6 is 0 Å². The first-order chi connectivity index (χ1) is 19.1. The number of benzene rings is 3. The van der Waals surface area contributed by atoms with Gasteiger partial charge in [0, 0.05) is 55.0 Å². The highest BCUT2D eigenvalue weighted by molar-refractivity contribution is 5.87. The van der Waals surface area contributed by atoms with Crippen LogP contribution in [0.1, 0.15) is 16.7 Å². The lowest BCUT2D eigenvalue weighted by Gasteiger charge is -2.19. The number of aliphatic imine (C=N–C) groups is 3. The Kier molecular flexibility index (Phi) is 9.97. The van der Waals surface area contributed by atoms with Gasteiger partial charge in [0.15, 0.2) is 34.5 Å². The second kappa shape index (κ2) is 13.6. The maximum Gasteiger partial charge on any atom is 0.200 e. The van der Waals surface area contributed by atoms with Gasteiger partial charge in [-0.3, -0.25) is 19.9 Å². The third-order valence-corrected chi connectivity index (χ3v) is 5.81. The molecule has 0 aromatic heterocycles. The summed E-state index contributed by atoms with van der Waals surface area (Å²) in [5.74, 6) is -4.73. The number of nitrogens with zero attached hydrogens (tertiary/aromatic N) is 4. The zero-order chi connectivity index (χ0) is 29.2. The molecule has 212 valence electrons. The zero-order valence-electron chi connectivity index (χ0n) is 21.3. The fraction of sp³-hybridized carbons (Fsp3) is 0.222. The van der Waals surface area contributed by atoms with Gasteiger partial charge in [0.25, 0.3) is 0 Å². The summed E-state index contributed by atoms with van der Waals surface area (Å²) in [4.78, 5) is 14.8. The van der Waals surface area contributed by atoms with Crippen LogP contribution in [0.25, 0.3) is 0 Å². The molecule has 0 fully saturated rings. The molecule has 13 nitrogen and oxygen atoms in total. The summed E-state index contributed by atoms with van der Waals surface area (Å²) < 4.78 is 0. The Morgan fingerprint density at radius 3 is 0.975 bits per heavy atom. The first-order valence-corrected chi connectivity index (χ1v) is 12.0. The highest BCUT2D eigenvalue weighted by atomic mass is 16.3. The molecule has 0 heterocycles. The molecule has 0 aliphatic carbocycles. The summed E-state index contributed by atoms with van der Waals surface area (Å²) in [7, 11) is 0. The van der Waals surface area contributed by atoms with Crippen molar-refractivity contribution in [3.05, 3.63) is 53.1 Å². The van der Waals surface area contributed by atoms with Gasteiger partial charge in [-0.1, -0.05) is 0 Å². The Morgan fingerprint density at radius 2 is 0.700 bits per heavy atom. The monoisotopic (exact) mass is 554 g/mol. The van der Waals surface area contributed by atoms with Crippen molar-refractivity contribution >= 4 is 18.6 Å². The van der Waals surface area contributed by atoms with Gasteiger partial charge in [-0.25, -0.2) is 0 Å². The fourth-order valence-electron chi connectivity index (χ4n) is 3.49. The lowest BCUT2D eigenvalue weighted by Crippen LogP contribution is -2.31. The van der Waals surface area contributed by atoms with Gasteiger partial charge in [-0.05, 0) is 36.4 Å². The summed E-state index contributed by atoms with van der Waals surface area (Å²) in [6, 6.07) is 7.91. The van der Waals surface area contributed by atoms with Gasteiger partial charge >= 0.3 is 0 Å². The first-order valence-electron chi connectivity index (χ1n) is 12.0. The molecule has 0 spiro atoms. The van der Waals surface area contributed by atoms with Gasteiger partial charge in [0.1, 0.15) is 0 Å². The Morgan fingerprint density at radius 1 is 0.425 bits per heavy atom. The molecular weight excluding hydrogens is 524 g/mol. The lowest BCUT2D eigenvalue weighted by atomic mass is 10.2. The topological polar surface area (TPSA) is 222 Å². The van der Waals surface area contributed by atoms with Crippen molar-refractivity contribution in [3.63, 3.8) is 0 Å². The van der Waals surface area contributed by atoms with E-state index in [1.54, 1.807) is 0 Å². The summed E-state index contributed by atoms with van der Waals surface area (Å²) >= 11 is 0. The molecule has 3 aromatic carbocycles.